The molecule has 0 unspecified atom stereocenters. The molecule has 74 valence electrons. The molecule has 0 spiro atoms. The minimum atomic E-state index is -4.74. The van der Waals surface area contributed by atoms with E-state index in [9.17, 15) is 21.6 Å². The van der Waals surface area contributed by atoms with Crippen molar-refractivity contribution >= 4 is 9.84 Å². The number of sulfone groups is 1. The fourth-order valence-corrected chi connectivity index (χ4v) is 1.76. The highest BCUT2D eigenvalue weighted by atomic mass is 32.2. The van der Waals surface area contributed by atoms with Crippen LogP contribution in [-0.4, -0.2) is 30.5 Å². The lowest BCUT2D eigenvalue weighted by atomic mass is 10.8. The van der Waals surface area contributed by atoms with Crippen LogP contribution < -0.4 is 0 Å². The molecule has 1 heterocycles. The molecule has 0 aromatic carbocycles. The van der Waals surface area contributed by atoms with Gasteiger partial charge >= 0.3 is 6.18 Å². The average molecular weight is 214 g/mol. The molecule has 0 atom stereocenters. The van der Waals surface area contributed by atoms with E-state index < -0.39 is 26.8 Å². The minimum absolute atomic E-state index is 0.593. The first-order valence-corrected chi connectivity index (χ1v) is 4.76. The maximum atomic E-state index is 11.7. The van der Waals surface area contributed by atoms with Crippen LogP contribution in [0.15, 0.2) is 17.3 Å². The van der Waals surface area contributed by atoms with Gasteiger partial charge < -0.3 is 0 Å². The molecule has 0 fully saturated rings. The standard InChI is InChI=1S/C5H5F3N2O2S/c6-5(7,8)3-13(11,12)4-1-2-9-10-4/h1-2H,3H2,(H,9,10). The molecule has 0 saturated heterocycles. The van der Waals surface area contributed by atoms with Crippen LogP contribution in [0.5, 0.6) is 0 Å². The van der Waals surface area contributed by atoms with Gasteiger partial charge in [0.1, 0.15) is 0 Å². The monoisotopic (exact) mass is 214 g/mol. The quantitative estimate of drug-likeness (QED) is 0.789. The third kappa shape index (κ3) is 2.72. The minimum Gasteiger partial charge on any atom is -0.284 e. The van der Waals surface area contributed by atoms with Gasteiger partial charge in [0, 0.05) is 6.20 Å². The summed E-state index contributed by atoms with van der Waals surface area (Å²) in [6.45, 7) is 0. The van der Waals surface area contributed by atoms with Gasteiger partial charge in [-0.3, -0.25) is 5.10 Å². The molecule has 13 heavy (non-hydrogen) atoms. The Morgan fingerprint density at radius 1 is 1.46 bits per heavy atom. The summed E-state index contributed by atoms with van der Waals surface area (Å²) in [5.74, 6) is -1.88. The number of nitrogens with one attached hydrogen (secondary N) is 1. The molecule has 4 nitrogen and oxygen atoms in total. The summed E-state index contributed by atoms with van der Waals surface area (Å²) in [7, 11) is -4.34. The average Bonchev–Trinajstić information content (AvgIpc) is 2.29. The number of alkyl halides is 3. The lowest BCUT2D eigenvalue weighted by molar-refractivity contribution is -0.106. The Morgan fingerprint density at radius 2 is 2.08 bits per heavy atom. The van der Waals surface area contributed by atoms with Crippen molar-refractivity contribution in [1.29, 1.82) is 0 Å². The number of halogens is 3. The lowest BCUT2D eigenvalue weighted by Gasteiger charge is -2.04. The number of rotatable bonds is 2. The molecule has 0 radical (unpaired) electrons. The highest BCUT2D eigenvalue weighted by Crippen LogP contribution is 2.20. The van der Waals surface area contributed by atoms with Gasteiger partial charge in [0.15, 0.2) is 10.8 Å². The summed E-state index contributed by atoms with van der Waals surface area (Å²) in [5, 5.41) is 4.69. The molecule has 0 aliphatic rings. The molecular formula is C5H5F3N2O2S. The van der Waals surface area contributed by atoms with E-state index in [1.165, 1.54) is 0 Å². The molecule has 0 bridgehead atoms. The second kappa shape index (κ2) is 3.02. The molecular weight excluding hydrogens is 209 g/mol. The van der Waals surface area contributed by atoms with E-state index in [1.807, 2.05) is 0 Å². The van der Waals surface area contributed by atoms with Crippen LogP contribution >= 0.6 is 0 Å². The first-order chi connectivity index (χ1) is 5.81. The van der Waals surface area contributed by atoms with Crippen molar-refractivity contribution in [3.8, 4) is 0 Å². The van der Waals surface area contributed by atoms with E-state index in [4.69, 9.17) is 0 Å². The summed E-state index contributed by atoms with van der Waals surface area (Å²) in [6.07, 6.45) is -3.60. The van der Waals surface area contributed by atoms with Crippen LogP contribution in [0, 0.1) is 0 Å². The van der Waals surface area contributed by atoms with E-state index in [2.05, 4.69) is 10.2 Å². The first-order valence-electron chi connectivity index (χ1n) is 3.10. The Kier molecular flexibility index (Phi) is 2.33. The van der Waals surface area contributed by atoms with Gasteiger partial charge in [0.05, 0.1) is 0 Å². The summed E-state index contributed by atoms with van der Waals surface area (Å²) in [4.78, 5) is 0. The van der Waals surface area contributed by atoms with Crippen molar-refractivity contribution in [2.75, 3.05) is 5.75 Å². The second-order valence-corrected chi connectivity index (χ2v) is 4.22. The molecule has 1 N–H and O–H groups in total. The number of nitrogens with zero attached hydrogens (tertiary/aromatic N) is 1. The first kappa shape index (κ1) is 10.0. The molecule has 1 aromatic rings. The Hall–Kier alpha value is -1.05. The van der Waals surface area contributed by atoms with Crippen LogP contribution in [-0.2, 0) is 9.84 Å². The zero-order valence-corrected chi connectivity index (χ0v) is 6.98. The zero-order chi connectivity index (χ0) is 10.1. The van der Waals surface area contributed by atoms with Crippen molar-refractivity contribution in [1.82, 2.24) is 10.2 Å². The summed E-state index contributed by atoms with van der Waals surface area (Å²) in [6, 6.07) is 0.973. The zero-order valence-electron chi connectivity index (χ0n) is 6.17. The maximum absolute atomic E-state index is 11.7. The molecule has 1 aromatic heterocycles. The fraction of sp³-hybridized carbons (Fsp3) is 0.400. The number of H-pyrrole nitrogens is 1. The lowest BCUT2D eigenvalue weighted by Crippen LogP contribution is -2.23. The highest BCUT2D eigenvalue weighted by Gasteiger charge is 2.36. The topological polar surface area (TPSA) is 62.8 Å². The van der Waals surface area contributed by atoms with Crippen LogP contribution in [0.25, 0.3) is 0 Å². The van der Waals surface area contributed by atoms with Gasteiger partial charge in [-0.15, -0.1) is 0 Å². The van der Waals surface area contributed by atoms with E-state index in [0.717, 1.165) is 12.3 Å². The largest absolute Gasteiger partial charge is 0.403 e. The molecule has 0 aliphatic carbocycles. The van der Waals surface area contributed by atoms with Crippen LogP contribution in [0.2, 0.25) is 0 Å². The van der Waals surface area contributed by atoms with Crippen molar-refractivity contribution < 1.29 is 21.6 Å². The summed E-state index contributed by atoms with van der Waals surface area (Å²) < 4.78 is 57.0. The van der Waals surface area contributed by atoms with Crippen molar-refractivity contribution in [3.05, 3.63) is 12.3 Å². The molecule has 8 heteroatoms. The number of hydrogen-bond donors (Lipinski definition) is 1. The molecule has 1 rings (SSSR count). The van der Waals surface area contributed by atoms with Gasteiger partial charge in [-0.05, 0) is 6.07 Å². The fourth-order valence-electron chi connectivity index (χ4n) is 0.709. The predicted molar refractivity (Wildman–Crippen MR) is 36.7 cm³/mol. The van der Waals surface area contributed by atoms with Gasteiger partial charge in [0.25, 0.3) is 0 Å². The molecule has 0 amide bonds. The van der Waals surface area contributed by atoms with Crippen molar-refractivity contribution in [2.45, 2.75) is 11.2 Å². The van der Waals surface area contributed by atoms with Crippen molar-refractivity contribution in [2.24, 2.45) is 0 Å². The van der Waals surface area contributed by atoms with E-state index in [1.54, 1.807) is 0 Å². The van der Waals surface area contributed by atoms with Gasteiger partial charge in [-0.25, -0.2) is 8.42 Å². The summed E-state index contributed by atoms with van der Waals surface area (Å²) in [5.41, 5.74) is 0. The van der Waals surface area contributed by atoms with E-state index in [0.29, 0.717) is 0 Å². The molecule has 0 aliphatic heterocycles. The van der Waals surface area contributed by atoms with Crippen LogP contribution in [0.4, 0.5) is 13.2 Å². The normalized spacial score (nSPS) is 13.2. The van der Waals surface area contributed by atoms with Crippen LogP contribution in [0.1, 0.15) is 0 Å². The number of hydrogen-bond acceptors (Lipinski definition) is 3. The third-order valence-corrected chi connectivity index (χ3v) is 2.72. The van der Waals surface area contributed by atoms with Gasteiger partial charge in [-0.2, -0.15) is 18.3 Å². The highest BCUT2D eigenvalue weighted by molar-refractivity contribution is 7.91. The van der Waals surface area contributed by atoms with Gasteiger partial charge in [-0.1, -0.05) is 0 Å². The predicted octanol–water partition coefficient (Wildman–Crippen LogP) is 0.746. The van der Waals surface area contributed by atoms with E-state index in [-0.39, 0.29) is 0 Å². The second-order valence-electron chi connectivity index (χ2n) is 2.29. The van der Waals surface area contributed by atoms with Crippen molar-refractivity contribution in [3.63, 3.8) is 0 Å². The molecule has 0 saturated carbocycles. The van der Waals surface area contributed by atoms with E-state index >= 15 is 0 Å². The number of aromatic nitrogens is 2. The Balaban J connectivity index is 2.93. The Morgan fingerprint density at radius 3 is 2.46 bits per heavy atom. The summed E-state index contributed by atoms with van der Waals surface area (Å²) >= 11 is 0. The third-order valence-electron chi connectivity index (χ3n) is 1.15. The SMILES string of the molecule is O=S(=O)(CC(F)(F)F)c1cc[nH]n1. The van der Waals surface area contributed by atoms with Crippen LogP contribution in [0.3, 0.4) is 0 Å². The smallest absolute Gasteiger partial charge is 0.284 e. The Bertz CT molecular complexity index is 367. The number of aromatic amines is 1. The Labute approximate surface area is 71.7 Å². The maximum Gasteiger partial charge on any atom is 0.403 e. The van der Waals surface area contributed by atoms with Gasteiger partial charge in [0.2, 0.25) is 9.84 Å².